The summed E-state index contributed by atoms with van der Waals surface area (Å²) in [5, 5.41) is 5.40. The van der Waals surface area contributed by atoms with Crippen molar-refractivity contribution in [2.45, 2.75) is 18.9 Å². The van der Waals surface area contributed by atoms with Crippen molar-refractivity contribution in [2.75, 3.05) is 13.7 Å². The third-order valence-electron chi connectivity index (χ3n) is 3.77. The van der Waals surface area contributed by atoms with Gasteiger partial charge in [0, 0.05) is 12.5 Å². The molecule has 2 aromatic carbocycles. The zero-order valence-corrected chi connectivity index (χ0v) is 13.9. The molecule has 0 heterocycles. The van der Waals surface area contributed by atoms with Crippen LogP contribution in [0.2, 0.25) is 0 Å². The Hall–Kier alpha value is -2.82. The first-order valence-corrected chi connectivity index (χ1v) is 7.84. The molecule has 5 heteroatoms. The largest absolute Gasteiger partial charge is 0.467 e. The SMILES string of the molecule is COC(=O)[C@@H](C)NC(=O)NCC(c1ccccc1)c1ccccc1. The predicted octanol–water partition coefficient (Wildman–Crippen LogP) is 2.68. The van der Waals surface area contributed by atoms with Gasteiger partial charge in [-0.05, 0) is 18.1 Å². The lowest BCUT2D eigenvalue weighted by atomic mass is 9.91. The zero-order chi connectivity index (χ0) is 17.4. The van der Waals surface area contributed by atoms with Gasteiger partial charge in [-0.25, -0.2) is 9.59 Å². The Morgan fingerprint density at radius 2 is 1.46 bits per heavy atom. The van der Waals surface area contributed by atoms with E-state index in [-0.39, 0.29) is 5.92 Å². The van der Waals surface area contributed by atoms with Crippen LogP contribution in [0.5, 0.6) is 0 Å². The molecule has 0 radical (unpaired) electrons. The molecule has 2 aromatic rings. The van der Waals surface area contributed by atoms with Crippen LogP contribution >= 0.6 is 0 Å². The standard InChI is InChI=1S/C19H22N2O3/c1-14(18(22)24-2)21-19(23)20-13-17(15-9-5-3-6-10-15)16-11-7-4-8-12-16/h3-12,14,17H,13H2,1-2H3,(H2,20,21,23)/t14-/m1/s1. The fraction of sp³-hybridized carbons (Fsp3) is 0.263. The van der Waals surface area contributed by atoms with Crippen LogP contribution in [0.4, 0.5) is 4.79 Å². The molecule has 0 spiro atoms. The molecule has 5 nitrogen and oxygen atoms in total. The Morgan fingerprint density at radius 3 is 1.92 bits per heavy atom. The van der Waals surface area contributed by atoms with Gasteiger partial charge in [-0.15, -0.1) is 0 Å². The van der Waals surface area contributed by atoms with E-state index in [1.165, 1.54) is 7.11 Å². The van der Waals surface area contributed by atoms with E-state index in [2.05, 4.69) is 15.4 Å². The van der Waals surface area contributed by atoms with Gasteiger partial charge < -0.3 is 15.4 Å². The molecule has 0 bridgehead atoms. The number of methoxy groups -OCH3 is 1. The molecule has 0 aromatic heterocycles. The highest BCUT2D eigenvalue weighted by molar-refractivity contribution is 5.83. The van der Waals surface area contributed by atoms with Gasteiger partial charge in [-0.2, -0.15) is 0 Å². The lowest BCUT2D eigenvalue weighted by Crippen LogP contribution is -2.45. The zero-order valence-electron chi connectivity index (χ0n) is 13.9. The Kier molecular flexibility index (Phi) is 6.37. The van der Waals surface area contributed by atoms with E-state index in [1.54, 1.807) is 6.92 Å². The van der Waals surface area contributed by atoms with Crippen molar-refractivity contribution >= 4 is 12.0 Å². The van der Waals surface area contributed by atoms with E-state index in [1.807, 2.05) is 60.7 Å². The van der Waals surface area contributed by atoms with Gasteiger partial charge in [0.15, 0.2) is 0 Å². The molecule has 2 amide bonds. The van der Waals surface area contributed by atoms with Crippen LogP contribution in [-0.4, -0.2) is 31.7 Å². The highest BCUT2D eigenvalue weighted by atomic mass is 16.5. The predicted molar refractivity (Wildman–Crippen MR) is 92.7 cm³/mol. The van der Waals surface area contributed by atoms with Crippen LogP contribution in [0.1, 0.15) is 24.0 Å². The van der Waals surface area contributed by atoms with Gasteiger partial charge in [0.1, 0.15) is 6.04 Å². The molecule has 1 atom stereocenters. The van der Waals surface area contributed by atoms with Gasteiger partial charge in [0.05, 0.1) is 7.11 Å². The normalized spacial score (nSPS) is 11.6. The number of nitrogens with one attached hydrogen (secondary N) is 2. The summed E-state index contributed by atoms with van der Waals surface area (Å²) < 4.78 is 4.60. The van der Waals surface area contributed by atoms with E-state index >= 15 is 0 Å². The number of amides is 2. The van der Waals surface area contributed by atoms with Crippen molar-refractivity contribution in [3.8, 4) is 0 Å². The monoisotopic (exact) mass is 326 g/mol. The van der Waals surface area contributed by atoms with Crippen molar-refractivity contribution in [1.82, 2.24) is 10.6 Å². The van der Waals surface area contributed by atoms with E-state index in [0.29, 0.717) is 6.54 Å². The number of ether oxygens (including phenoxy) is 1. The van der Waals surface area contributed by atoms with Gasteiger partial charge in [0.2, 0.25) is 0 Å². The van der Waals surface area contributed by atoms with E-state index in [0.717, 1.165) is 11.1 Å². The minimum absolute atomic E-state index is 0.0339. The minimum Gasteiger partial charge on any atom is -0.467 e. The maximum absolute atomic E-state index is 12.0. The lowest BCUT2D eigenvalue weighted by molar-refractivity contribution is -0.142. The average Bonchev–Trinajstić information content (AvgIpc) is 2.63. The van der Waals surface area contributed by atoms with Crippen molar-refractivity contribution in [3.05, 3.63) is 71.8 Å². The summed E-state index contributed by atoms with van der Waals surface area (Å²) >= 11 is 0. The van der Waals surface area contributed by atoms with Crippen LogP contribution < -0.4 is 10.6 Å². The summed E-state index contributed by atoms with van der Waals surface area (Å²) in [7, 11) is 1.29. The van der Waals surface area contributed by atoms with Crippen molar-refractivity contribution in [1.29, 1.82) is 0 Å². The molecule has 0 aliphatic carbocycles. The molecule has 24 heavy (non-hydrogen) atoms. The number of rotatable bonds is 6. The van der Waals surface area contributed by atoms with Crippen molar-refractivity contribution in [3.63, 3.8) is 0 Å². The minimum atomic E-state index is -0.693. The molecular formula is C19H22N2O3. The molecule has 0 unspecified atom stereocenters. The van der Waals surface area contributed by atoms with E-state index in [9.17, 15) is 9.59 Å². The maximum atomic E-state index is 12.0. The first-order valence-electron chi connectivity index (χ1n) is 7.84. The summed E-state index contributed by atoms with van der Waals surface area (Å²) in [6.07, 6.45) is 0. The fourth-order valence-corrected chi connectivity index (χ4v) is 2.48. The number of carbonyl (C=O) groups is 2. The average molecular weight is 326 g/mol. The van der Waals surface area contributed by atoms with Crippen LogP contribution in [-0.2, 0) is 9.53 Å². The molecule has 0 saturated carbocycles. The number of hydrogen-bond donors (Lipinski definition) is 2. The fourth-order valence-electron chi connectivity index (χ4n) is 2.48. The number of esters is 1. The van der Waals surface area contributed by atoms with E-state index < -0.39 is 18.0 Å². The highest BCUT2D eigenvalue weighted by Crippen LogP contribution is 2.23. The second-order valence-electron chi connectivity index (χ2n) is 5.47. The summed E-state index contributed by atoms with van der Waals surface area (Å²) in [4.78, 5) is 23.4. The third-order valence-corrected chi connectivity index (χ3v) is 3.77. The first-order chi connectivity index (χ1) is 11.6. The molecule has 2 rings (SSSR count). The number of carbonyl (C=O) groups excluding carboxylic acids is 2. The smallest absolute Gasteiger partial charge is 0.328 e. The second kappa shape index (κ2) is 8.72. The lowest BCUT2D eigenvalue weighted by Gasteiger charge is -2.20. The highest BCUT2D eigenvalue weighted by Gasteiger charge is 2.18. The van der Waals surface area contributed by atoms with Crippen LogP contribution in [0.15, 0.2) is 60.7 Å². The van der Waals surface area contributed by atoms with Crippen molar-refractivity contribution < 1.29 is 14.3 Å². The number of hydrogen-bond acceptors (Lipinski definition) is 3. The van der Waals surface area contributed by atoms with Crippen LogP contribution in [0, 0.1) is 0 Å². The number of benzene rings is 2. The maximum Gasteiger partial charge on any atom is 0.328 e. The summed E-state index contributed by atoms with van der Waals surface area (Å²) in [5.41, 5.74) is 2.23. The third kappa shape index (κ3) is 4.84. The number of urea groups is 1. The molecule has 126 valence electrons. The van der Waals surface area contributed by atoms with Crippen LogP contribution in [0.3, 0.4) is 0 Å². The molecule has 2 N–H and O–H groups in total. The second-order valence-corrected chi connectivity index (χ2v) is 5.47. The summed E-state index contributed by atoms with van der Waals surface area (Å²) in [5.74, 6) is -0.445. The molecule has 0 fully saturated rings. The topological polar surface area (TPSA) is 67.4 Å². The summed E-state index contributed by atoms with van der Waals surface area (Å²) in [6.45, 7) is 2.01. The van der Waals surface area contributed by atoms with Gasteiger partial charge in [-0.3, -0.25) is 0 Å². The van der Waals surface area contributed by atoms with E-state index in [4.69, 9.17) is 0 Å². The van der Waals surface area contributed by atoms with Crippen LogP contribution in [0.25, 0.3) is 0 Å². The summed E-state index contributed by atoms with van der Waals surface area (Å²) in [6, 6.07) is 18.9. The molecule has 0 saturated heterocycles. The van der Waals surface area contributed by atoms with Gasteiger partial charge in [0.25, 0.3) is 0 Å². The first kappa shape index (κ1) is 17.5. The van der Waals surface area contributed by atoms with Gasteiger partial charge in [-0.1, -0.05) is 60.7 Å². The quantitative estimate of drug-likeness (QED) is 0.802. The Bertz CT molecular complexity index is 619. The Balaban J connectivity index is 2.04. The Labute approximate surface area is 142 Å². The molecule has 0 aliphatic heterocycles. The Morgan fingerprint density at radius 1 is 0.958 bits per heavy atom. The molecule has 0 aliphatic rings. The van der Waals surface area contributed by atoms with Crippen molar-refractivity contribution in [2.24, 2.45) is 0 Å². The van der Waals surface area contributed by atoms with Gasteiger partial charge >= 0.3 is 12.0 Å². The molecular weight excluding hydrogens is 304 g/mol.